The molecular formula is C13H9F3N2O3. The molecule has 0 amide bonds. The Bertz CT molecular complexity index is 672. The number of nitrogens with zero attached hydrogens (tertiary/aromatic N) is 1. The lowest BCUT2D eigenvalue weighted by molar-refractivity contribution is -0.384. The van der Waals surface area contributed by atoms with Crippen molar-refractivity contribution in [1.82, 2.24) is 0 Å². The fourth-order valence-corrected chi connectivity index (χ4v) is 1.66. The van der Waals surface area contributed by atoms with Crippen LogP contribution in [0.3, 0.4) is 0 Å². The van der Waals surface area contributed by atoms with E-state index in [9.17, 15) is 23.3 Å². The second-order valence-corrected chi connectivity index (χ2v) is 4.08. The lowest BCUT2D eigenvalue weighted by Gasteiger charge is -2.14. The smallest absolute Gasteiger partial charge is 0.420 e. The number of halogens is 3. The molecule has 5 nitrogen and oxygen atoms in total. The Morgan fingerprint density at radius 3 is 2.29 bits per heavy atom. The molecule has 2 rings (SSSR count). The predicted octanol–water partition coefficient (Wildman–Crippen LogP) is 3.99. The van der Waals surface area contributed by atoms with Gasteiger partial charge in [0.05, 0.1) is 4.92 Å². The number of nitrogens with two attached hydrogens (primary N) is 1. The number of anilines is 1. The van der Waals surface area contributed by atoms with E-state index in [0.29, 0.717) is 6.07 Å². The minimum absolute atomic E-state index is 0.163. The van der Waals surface area contributed by atoms with Crippen LogP contribution in [-0.2, 0) is 6.18 Å². The number of hydrogen-bond acceptors (Lipinski definition) is 4. The molecule has 2 aromatic rings. The molecule has 0 aliphatic rings. The van der Waals surface area contributed by atoms with Crippen LogP contribution in [0.2, 0.25) is 0 Å². The molecular weight excluding hydrogens is 289 g/mol. The Morgan fingerprint density at radius 2 is 1.76 bits per heavy atom. The monoisotopic (exact) mass is 298 g/mol. The molecule has 0 atom stereocenters. The predicted molar refractivity (Wildman–Crippen MR) is 69.0 cm³/mol. The molecule has 0 unspecified atom stereocenters. The van der Waals surface area contributed by atoms with E-state index in [-0.39, 0.29) is 5.75 Å². The average Bonchev–Trinajstić information content (AvgIpc) is 2.38. The summed E-state index contributed by atoms with van der Waals surface area (Å²) in [6.07, 6.45) is -4.80. The van der Waals surface area contributed by atoms with Crippen LogP contribution in [-0.4, -0.2) is 4.92 Å². The van der Waals surface area contributed by atoms with E-state index in [2.05, 4.69) is 0 Å². The first kappa shape index (κ1) is 14.6. The summed E-state index contributed by atoms with van der Waals surface area (Å²) in [6, 6.07) is 8.91. The summed E-state index contributed by atoms with van der Waals surface area (Å²) in [5.41, 5.74) is 2.92. The second kappa shape index (κ2) is 5.31. The zero-order chi connectivity index (χ0) is 15.6. The third kappa shape index (κ3) is 3.22. The van der Waals surface area contributed by atoms with Crippen molar-refractivity contribution >= 4 is 11.4 Å². The minimum atomic E-state index is -4.80. The average molecular weight is 298 g/mol. The quantitative estimate of drug-likeness (QED) is 0.528. The van der Waals surface area contributed by atoms with Crippen LogP contribution in [0.4, 0.5) is 24.5 Å². The van der Waals surface area contributed by atoms with E-state index in [1.807, 2.05) is 0 Å². The van der Waals surface area contributed by atoms with Crippen molar-refractivity contribution in [1.29, 1.82) is 0 Å². The highest BCUT2D eigenvalue weighted by molar-refractivity contribution is 5.64. The van der Waals surface area contributed by atoms with Crippen LogP contribution in [0.25, 0.3) is 0 Å². The number of ether oxygens (including phenoxy) is 1. The van der Waals surface area contributed by atoms with Gasteiger partial charge in [0.2, 0.25) is 0 Å². The van der Waals surface area contributed by atoms with Gasteiger partial charge in [0.1, 0.15) is 22.7 Å². The van der Waals surface area contributed by atoms with E-state index in [1.54, 1.807) is 18.2 Å². The van der Waals surface area contributed by atoms with Crippen LogP contribution < -0.4 is 10.5 Å². The number of nitro benzene ring substituents is 1. The van der Waals surface area contributed by atoms with Crippen molar-refractivity contribution in [2.45, 2.75) is 6.18 Å². The van der Waals surface area contributed by atoms with Gasteiger partial charge in [-0.05, 0) is 12.1 Å². The Labute approximate surface area is 116 Å². The lowest BCUT2D eigenvalue weighted by atomic mass is 10.1. The molecule has 8 heteroatoms. The van der Waals surface area contributed by atoms with Crippen molar-refractivity contribution in [3.63, 3.8) is 0 Å². The number of para-hydroxylation sites is 1. The molecule has 110 valence electrons. The van der Waals surface area contributed by atoms with E-state index < -0.39 is 33.8 Å². The molecule has 0 fully saturated rings. The first-order valence-corrected chi connectivity index (χ1v) is 5.67. The summed E-state index contributed by atoms with van der Waals surface area (Å²) >= 11 is 0. The third-order valence-corrected chi connectivity index (χ3v) is 2.60. The van der Waals surface area contributed by atoms with Gasteiger partial charge in [0, 0.05) is 12.1 Å². The molecule has 0 saturated carbocycles. The van der Waals surface area contributed by atoms with Crippen LogP contribution in [0.1, 0.15) is 5.56 Å². The molecule has 2 N–H and O–H groups in total. The normalized spacial score (nSPS) is 11.2. The first-order valence-electron chi connectivity index (χ1n) is 5.67. The van der Waals surface area contributed by atoms with Gasteiger partial charge in [-0.2, -0.15) is 13.2 Å². The SMILES string of the molecule is Nc1cc(Oc2ccccc2)c(C(F)(F)F)cc1[N+](=O)[O-]. The molecule has 21 heavy (non-hydrogen) atoms. The maximum atomic E-state index is 13.0. The lowest BCUT2D eigenvalue weighted by Crippen LogP contribution is -2.09. The topological polar surface area (TPSA) is 78.4 Å². The van der Waals surface area contributed by atoms with Crippen LogP contribution in [0.15, 0.2) is 42.5 Å². The van der Waals surface area contributed by atoms with Crippen LogP contribution in [0, 0.1) is 10.1 Å². The highest BCUT2D eigenvalue weighted by Crippen LogP contribution is 2.42. The van der Waals surface area contributed by atoms with Gasteiger partial charge >= 0.3 is 6.18 Å². The van der Waals surface area contributed by atoms with Crippen molar-refractivity contribution in [2.24, 2.45) is 0 Å². The van der Waals surface area contributed by atoms with Gasteiger partial charge in [-0.15, -0.1) is 0 Å². The van der Waals surface area contributed by atoms with Crippen molar-refractivity contribution in [3.8, 4) is 11.5 Å². The number of nitro groups is 1. The molecule has 0 bridgehead atoms. The van der Waals surface area contributed by atoms with Gasteiger partial charge in [-0.3, -0.25) is 10.1 Å². The number of hydrogen-bond donors (Lipinski definition) is 1. The molecule has 0 heterocycles. The highest BCUT2D eigenvalue weighted by Gasteiger charge is 2.37. The summed E-state index contributed by atoms with van der Waals surface area (Å²) in [4.78, 5) is 9.71. The Balaban J connectivity index is 2.54. The fraction of sp³-hybridized carbons (Fsp3) is 0.0769. The first-order chi connectivity index (χ1) is 9.79. The minimum Gasteiger partial charge on any atom is -0.457 e. The van der Waals surface area contributed by atoms with Crippen LogP contribution >= 0.6 is 0 Å². The maximum absolute atomic E-state index is 13.0. The molecule has 2 aromatic carbocycles. The van der Waals surface area contributed by atoms with Gasteiger partial charge < -0.3 is 10.5 Å². The summed E-state index contributed by atoms with van der Waals surface area (Å²) in [5, 5.41) is 10.7. The molecule has 0 aliphatic heterocycles. The van der Waals surface area contributed by atoms with Gasteiger partial charge in [0.15, 0.2) is 0 Å². The van der Waals surface area contributed by atoms with Crippen molar-refractivity contribution < 1.29 is 22.8 Å². The standard InChI is InChI=1S/C13H9F3N2O3/c14-13(15,16)9-6-11(18(19)20)10(17)7-12(9)21-8-4-2-1-3-5-8/h1-7H,17H2. The summed E-state index contributed by atoms with van der Waals surface area (Å²) in [5.74, 6) is -0.423. The number of benzene rings is 2. The van der Waals surface area contributed by atoms with Crippen LogP contribution in [0.5, 0.6) is 11.5 Å². The fourth-order valence-electron chi connectivity index (χ4n) is 1.66. The zero-order valence-electron chi connectivity index (χ0n) is 10.4. The summed E-state index contributed by atoms with van der Waals surface area (Å²) in [6.45, 7) is 0. The number of nitrogen functional groups attached to an aromatic ring is 1. The van der Waals surface area contributed by atoms with Gasteiger partial charge in [0.25, 0.3) is 5.69 Å². The van der Waals surface area contributed by atoms with E-state index in [1.165, 1.54) is 12.1 Å². The third-order valence-electron chi connectivity index (χ3n) is 2.60. The number of rotatable bonds is 3. The zero-order valence-corrected chi connectivity index (χ0v) is 10.4. The Hall–Kier alpha value is -2.77. The Morgan fingerprint density at radius 1 is 1.14 bits per heavy atom. The summed E-state index contributed by atoms with van der Waals surface area (Å²) in [7, 11) is 0. The van der Waals surface area contributed by atoms with E-state index >= 15 is 0 Å². The largest absolute Gasteiger partial charge is 0.457 e. The van der Waals surface area contributed by atoms with E-state index in [0.717, 1.165) is 6.07 Å². The molecule has 0 radical (unpaired) electrons. The van der Waals surface area contributed by atoms with Crippen molar-refractivity contribution in [3.05, 3.63) is 58.1 Å². The molecule has 0 aromatic heterocycles. The number of alkyl halides is 3. The van der Waals surface area contributed by atoms with E-state index in [4.69, 9.17) is 10.5 Å². The van der Waals surface area contributed by atoms with Crippen molar-refractivity contribution in [2.75, 3.05) is 5.73 Å². The van der Waals surface area contributed by atoms with Gasteiger partial charge in [-0.1, -0.05) is 18.2 Å². The molecule has 0 aliphatic carbocycles. The maximum Gasteiger partial charge on any atom is 0.420 e. The Kier molecular flexibility index (Phi) is 3.70. The highest BCUT2D eigenvalue weighted by atomic mass is 19.4. The summed E-state index contributed by atoms with van der Waals surface area (Å²) < 4.78 is 44.1. The molecule has 0 spiro atoms. The molecule has 0 saturated heterocycles. The second-order valence-electron chi connectivity index (χ2n) is 4.08. The van der Waals surface area contributed by atoms with Gasteiger partial charge in [-0.25, -0.2) is 0 Å².